The van der Waals surface area contributed by atoms with Crippen molar-refractivity contribution in [1.82, 2.24) is 9.78 Å². The molecule has 2 heterocycles. The highest BCUT2D eigenvalue weighted by molar-refractivity contribution is 6.33. The van der Waals surface area contributed by atoms with Gasteiger partial charge in [0, 0.05) is 0 Å². The first-order valence-corrected chi connectivity index (χ1v) is 6.22. The predicted molar refractivity (Wildman–Crippen MR) is 70.6 cm³/mol. The predicted octanol–water partition coefficient (Wildman–Crippen LogP) is 2.55. The van der Waals surface area contributed by atoms with Gasteiger partial charge in [0.25, 0.3) is 0 Å². The molecule has 0 aliphatic carbocycles. The Kier molecular flexibility index (Phi) is 2.76. The topological polar surface area (TPSA) is 53.1 Å². The van der Waals surface area contributed by atoms with Crippen molar-refractivity contribution in [3.8, 4) is 0 Å². The summed E-state index contributed by atoms with van der Waals surface area (Å²) in [4.78, 5) is 0. The fourth-order valence-corrected chi connectivity index (χ4v) is 2.47. The van der Waals surface area contributed by atoms with Gasteiger partial charge in [-0.15, -0.1) is 0 Å². The van der Waals surface area contributed by atoms with E-state index in [1.54, 1.807) is 4.68 Å². The number of nitrogens with zero attached hydrogens (tertiary/aromatic N) is 2. The molecule has 0 radical (unpaired) electrons. The van der Waals surface area contributed by atoms with Gasteiger partial charge in [-0.05, 0) is 18.1 Å². The second-order valence-corrected chi connectivity index (χ2v) is 4.84. The van der Waals surface area contributed by atoms with Crippen LogP contribution in [-0.2, 0) is 11.3 Å². The van der Waals surface area contributed by atoms with Gasteiger partial charge in [-0.1, -0.05) is 35.9 Å². The third-order valence-electron chi connectivity index (χ3n) is 3.29. The van der Waals surface area contributed by atoms with E-state index in [4.69, 9.17) is 22.1 Å². The number of aryl methyl sites for hydroxylation is 1. The average molecular weight is 264 g/mol. The number of hydrogen-bond acceptors (Lipinski definition) is 3. The van der Waals surface area contributed by atoms with E-state index >= 15 is 0 Å². The van der Waals surface area contributed by atoms with Crippen LogP contribution in [0.5, 0.6) is 0 Å². The van der Waals surface area contributed by atoms with Crippen molar-refractivity contribution in [3.05, 3.63) is 46.1 Å². The molecular weight excluding hydrogens is 250 g/mol. The van der Waals surface area contributed by atoms with Crippen LogP contribution in [0.3, 0.4) is 0 Å². The van der Waals surface area contributed by atoms with Gasteiger partial charge >= 0.3 is 0 Å². The Morgan fingerprint density at radius 2 is 2.22 bits per heavy atom. The van der Waals surface area contributed by atoms with Gasteiger partial charge in [-0.2, -0.15) is 5.10 Å². The summed E-state index contributed by atoms with van der Waals surface area (Å²) in [6.45, 7) is 3.06. The first-order chi connectivity index (χ1) is 8.68. The molecule has 0 saturated carbocycles. The number of ether oxygens (including phenoxy) is 1. The molecule has 18 heavy (non-hydrogen) atoms. The lowest BCUT2D eigenvalue weighted by atomic mass is 9.99. The first-order valence-electron chi connectivity index (χ1n) is 5.84. The van der Waals surface area contributed by atoms with Crippen molar-refractivity contribution in [2.45, 2.75) is 19.6 Å². The van der Waals surface area contributed by atoms with Crippen molar-refractivity contribution in [1.29, 1.82) is 0 Å². The number of nitrogen functional groups attached to an aromatic ring is 1. The maximum Gasteiger partial charge on any atom is 0.141 e. The Morgan fingerprint density at radius 1 is 1.44 bits per heavy atom. The molecule has 2 aromatic rings. The zero-order valence-electron chi connectivity index (χ0n) is 10.1. The van der Waals surface area contributed by atoms with Gasteiger partial charge in [0.2, 0.25) is 0 Å². The van der Waals surface area contributed by atoms with Crippen molar-refractivity contribution >= 4 is 17.4 Å². The van der Waals surface area contributed by atoms with E-state index in [2.05, 4.69) is 17.2 Å². The zero-order chi connectivity index (χ0) is 12.7. The number of rotatable bonds is 1. The van der Waals surface area contributed by atoms with Gasteiger partial charge in [-0.25, -0.2) is 4.68 Å². The number of halogens is 1. The lowest BCUT2D eigenvalue weighted by Crippen LogP contribution is -2.25. The van der Waals surface area contributed by atoms with Crippen LogP contribution in [0.15, 0.2) is 24.3 Å². The van der Waals surface area contributed by atoms with E-state index < -0.39 is 0 Å². The molecule has 0 saturated heterocycles. The number of fused-ring (bicyclic) bond motifs is 1. The van der Waals surface area contributed by atoms with Crippen LogP contribution in [0.25, 0.3) is 0 Å². The molecule has 4 nitrogen and oxygen atoms in total. The minimum absolute atomic E-state index is 0.00106. The third-order valence-corrected chi connectivity index (χ3v) is 3.76. The minimum Gasteiger partial charge on any atom is -0.383 e. The van der Waals surface area contributed by atoms with Gasteiger partial charge < -0.3 is 10.5 Å². The number of aromatic nitrogens is 2. The molecule has 1 aromatic carbocycles. The SMILES string of the molecule is Cc1nn(C2COCc3ccccc32)c(N)c1Cl. The van der Waals surface area contributed by atoms with Crippen molar-refractivity contribution in [2.24, 2.45) is 0 Å². The van der Waals surface area contributed by atoms with Crippen molar-refractivity contribution in [3.63, 3.8) is 0 Å². The van der Waals surface area contributed by atoms with Gasteiger partial charge in [-0.3, -0.25) is 0 Å². The Balaban J connectivity index is 2.11. The summed E-state index contributed by atoms with van der Waals surface area (Å²) in [6.07, 6.45) is 0. The molecule has 5 heteroatoms. The molecular formula is C13H14ClN3O. The summed E-state index contributed by atoms with van der Waals surface area (Å²) in [6, 6.07) is 8.18. The van der Waals surface area contributed by atoms with Crippen LogP contribution < -0.4 is 5.73 Å². The number of nitrogens with two attached hydrogens (primary N) is 1. The lowest BCUT2D eigenvalue weighted by Gasteiger charge is -2.26. The smallest absolute Gasteiger partial charge is 0.141 e. The summed E-state index contributed by atoms with van der Waals surface area (Å²) < 4.78 is 7.37. The van der Waals surface area contributed by atoms with E-state index in [1.807, 2.05) is 19.1 Å². The third kappa shape index (κ3) is 1.69. The standard InChI is InChI=1S/C13H14ClN3O/c1-8-12(14)13(15)17(16-8)11-7-18-6-9-4-2-3-5-10(9)11/h2-5,11H,6-7,15H2,1H3. The van der Waals surface area contributed by atoms with E-state index in [1.165, 1.54) is 11.1 Å². The molecule has 3 rings (SSSR count). The quantitative estimate of drug-likeness (QED) is 0.860. The second kappa shape index (κ2) is 4.30. The molecule has 0 fully saturated rings. The van der Waals surface area contributed by atoms with E-state index in [-0.39, 0.29) is 6.04 Å². The fourth-order valence-electron chi connectivity index (χ4n) is 2.35. The molecule has 1 aliphatic rings. The Bertz CT molecular complexity index is 594. The Hall–Kier alpha value is -1.52. The van der Waals surface area contributed by atoms with Crippen LogP contribution >= 0.6 is 11.6 Å². The molecule has 2 N–H and O–H groups in total. The normalized spacial score (nSPS) is 18.7. The number of benzene rings is 1. The van der Waals surface area contributed by atoms with Crippen LogP contribution in [0.4, 0.5) is 5.82 Å². The van der Waals surface area contributed by atoms with Crippen LogP contribution in [0, 0.1) is 6.92 Å². The molecule has 94 valence electrons. The molecule has 1 aliphatic heterocycles. The monoisotopic (exact) mass is 263 g/mol. The van der Waals surface area contributed by atoms with Crippen LogP contribution in [-0.4, -0.2) is 16.4 Å². The highest BCUT2D eigenvalue weighted by atomic mass is 35.5. The average Bonchev–Trinajstić information content (AvgIpc) is 2.66. The highest BCUT2D eigenvalue weighted by Crippen LogP contribution is 2.32. The summed E-state index contributed by atoms with van der Waals surface area (Å²) in [5.41, 5.74) is 9.13. The molecule has 1 atom stereocenters. The van der Waals surface area contributed by atoms with Crippen LogP contribution in [0.1, 0.15) is 22.9 Å². The van der Waals surface area contributed by atoms with Gasteiger partial charge in [0.1, 0.15) is 16.9 Å². The van der Waals surface area contributed by atoms with E-state index in [9.17, 15) is 0 Å². The zero-order valence-corrected chi connectivity index (χ0v) is 10.8. The summed E-state index contributed by atoms with van der Waals surface area (Å²) in [7, 11) is 0. The molecule has 1 unspecified atom stereocenters. The largest absolute Gasteiger partial charge is 0.383 e. The number of anilines is 1. The van der Waals surface area contributed by atoms with E-state index in [0.717, 1.165) is 5.69 Å². The number of hydrogen-bond donors (Lipinski definition) is 1. The summed E-state index contributed by atoms with van der Waals surface area (Å²) in [5.74, 6) is 0.500. The first kappa shape index (κ1) is 11.6. The van der Waals surface area contributed by atoms with E-state index in [0.29, 0.717) is 24.1 Å². The maximum atomic E-state index is 6.10. The fraction of sp³-hybridized carbons (Fsp3) is 0.308. The van der Waals surface area contributed by atoms with Gasteiger partial charge in [0.05, 0.1) is 18.9 Å². The second-order valence-electron chi connectivity index (χ2n) is 4.46. The van der Waals surface area contributed by atoms with Gasteiger partial charge in [0.15, 0.2) is 0 Å². The Labute approximate surface area is 110 Å². The molecule has 0 spiro atoms. The van der Waals surface area contributed by atoms with Crippen molar-refractivity contribution < 1.29 is 4.74 Å². The molecule has 0 amide bonds. The highest BCUT2D eigenvalue weighted by Gasteiger charge is 2.25. The minimum atomic E-state index is 0.00106. The maximum absolute atomic E-state index is 6.10. The Morgan fingerprint density at radius 3 is 2.94 bits per heavy atom. The van der Waals surface area contributed by atoms with Crippen molar-refractivity contribution in [2.75, 3.05) is 12.3 Å². The summed E-state index contributed by atoms with van der Waals surface area (Å²) in [5, 5.41) is 4.94. The van der Waals surface area contributed by atoms with Crippen LogP contribution in [0.2, 0.25) is 5.02 Å². The molecule has 0 bridgehead atoms. The summed E-state index contributed by atoms with van der Waals surface area (Å²) >= 11 is 6.10. The lowest BCUT2D eigenvalue weighted by molar-refractivity contribution is 0.0809. The molecule has 1 aromatic heterocycles.